The summed E-state index contributed by atoms with van der Waals surface area (Å²) in [5.41, 5.74) is 1.72. The van der Waals surface area contributed by atoms with E-state index in [4.69, 9.17) is 21.1 Å². The average Bonchev–Trinajstić information content (AvgIpc) is 3.58. The molecule has 1 amide bonds. The third-order valence-electron chi connectivity index (χ3n) is 6.62. The van der Waals surface area contributed by atoms with Gasteiger partial charge < -0.3 is 14.6 Å². The molecule has 4 aromatic rings. The number of aromatic nitrogens is 2. The lowest BCUT2D eigenvalue weighted by atomic mass is 9.95. The van der Waals surface area contributed by atoms with Gasteiger partial charge in [0, 0.05) is 5.02 Å². The average molecular weight is 598 g/mol. The second-order valence-corrected chi connectivity index (χ2v) is 12.0. The predicted molar refractivity (Wildman–Crippen MR) is 158 cm³/mol. The van der Waals surface area contributed by atoms with Crippen molar-refractivity contribution in [3.8, 4) is 11.5 Å². The third kappa shape index (κ3) is 5.18. The SMILES string of the molecule is CCCCCOc1ccc(C2C(C(=O)c3sc(C)nc3C)=C(O)C(=O)N2c2nc3ccc(Cl)cc3s2)cc1OC. The number of aliphatic hydroxyl groups is 1. The first-order valence-corrected chi connectivity index (χ1v) is 14.9. The zero-order valence-corrected chi connectivity index (χ0v) is 24.9. The number of aryl methyl sites for hydroxylation is 2. The number of aliphatic hydroxyl groups excluding tert-OH is 1. The summed E-state index contributed by atoms with van der Waals surface area (Å²) in [6.07, 6.45) is 3.05. The molecule has 3 heterocycles. The van der Waals surface area contributed by atoms with Crippen molar-refractivity contribution in [3.63, 3.8) is 0 Å². The molecule has 2 aromatic carbocycles. The number of anilines is 1. The van der Waals surface area contributed by atoms with Crippen LogP contribution in [0.1, 0.15) is 58.2 Å². The van der Waals surface area contributed by atoms with Crippen LogP contribution in [0.15, 0.2) is 47.7 Å². The number of carbonyl (C=O) groups excluding carboxylic acids is 2. The first-order valence-electron chi connectivity index (χ1n) is 12.9. The van der Waals surface area contributed by atoms with Crippen LogP contribution in [-0.2, 0) is 4.79 Å². The van der Waals surface area contributed by atoms with E-state index in [0.29, 0.717) is 54.9 Å². The van der Waals surface area contributed by atoms with E-state index >= 15 is 0 Å². The minimum atomic E-state index is -0.958. The summed E-state index contributed by atoms with van der Waals surface area (Å²) < 4.78 is 12.4. The van der Waals surface area contributed by atoms with E-state index < -0.39 is 23.5 Å². The largest absolute Gasteiger partial charge is 0.503 e. The normalized spacial score (nSPS) is 15.4. The summed E-state index contributed by atoms with van der Waals surface area (Å²) in [4.78, 5) is 38.3. The van der Waals surface area contributed by atoms with Gasteiger partial charge in [-0.25, -0.2) is 9.97 Å². The molecule has 1 atom stereocenters. The standard InChI is InChI=1S/C29H28ClN3O5S2/c1-5-6-7-12-38-20-11-8-17(13-21(20)37-4)24-23(25(34)27-15(2)31-16(3)39-27)26(35)28(36)33(24)29-32-19-10-9-18(30)14-22(19)40-29/h8-11,13-14,24,35H,5-7,12H2,1-4H3. The van der Waals surface area contributed by atoms with Gasteiger partial charge in [-0.1, -0.05) is 48.8 Å². The molecule has 0 spiro atoms. The summed E-state index contributed by atoms with van der Waals surface area (Å²) in [5.74, 6) is -0.763. The number of halogens is 1. The summed E-state index contributed by atoms with van der Waals surface area (Å²) in [5, 5.41) is 12.8. The van der Waals surface area contributed by atoms with Crippen molar-refractivity contribution in [2.24, 2.45) is 0 Å². The number of rotatable bonds is 10. The monoisotopic (exact) mass is 597 g/mol. The van der Waals surface area contributed by atoms with Gasteiger partial charge in [0.25, 0.3) is 5.91 Å². The van der Waals surface area contributed by atoms with E-state index in [0.717, 1.165) is 24.0 Å². The van der Waals surface area contributed by atoms with Gasteiger partial charge >= 0.3 is 0 Å². The van der Waals surface area contributed by atoms with Gasteiger partial charge in [-0.3, -0.25) is 14.5 Å². The van der Waals surface area contributed by atoms with E-state index in [1.165, 1.54) is 34.7 Å². The number of amides is 1. The number of Topliss-reactive ketones (excluding diaryl/α,β-unsaturated/α-hetero) is 1. The van der Waals surface area contributed by atoms with E-state index in [-0.39, 0.29) is 5.57 Å². The molecule has 8 nitrogen and oxygen atoms in total. The molecule has 0 aliphatic carbocycles. The van der Waals surface area contributed by atoms with Crippen molar-refractivity contribution in [2.45, 2.75) is 46.1 Å². The fraction of sp³-hybridized carbons (Fsp3) is 0.310. The lowest BCUT2D eigenvalue weighted by Crippen LogP contribution is -2.31. The number of ether oxygens (including phenoxy) is 2. The quantitative estimate of drug-likeness (QED) is 0.150. The Morgan fingerprint density at radius 2 is 1.90 bits per heavy atom. The van der Waals surface area contributed by atoms with Crippen molar-refractivity contribution in [1.82, 2.24) is 9.97 Å². The first kappa shape index (κ1) is 28.1. The van der Waals surface area contributed by atoms with Gasteiger partial charge in [0.05, 0.1) is 51.1 Å². The van der Waals surface area contributed by atoms with Crippen molar-refractivity contribution in [3.05, 3.63) is 73.9 Å². The number of unbranched alkanes of at least 4 members (excludes halogenated alkanes) is 2. The smallest absolute Gasteiger partial charge is 0.296 e. The van der Waals surface area contributed by atoms with Crippen molar-refractivity contribution < 1.29 is 24.2 Å². The van der Waals surface area contributed by atoms with Crippen LogP contribution in [0.2, 0.25) is 5.02 Å². The summed E-state index contributed by atoms with van der Waals surface area (Å²) in [6, 6.07) is 9.58. The first-order chi connectivity index (χ1) is 19.2. The minimum Gasteiger partial charge on any atom is -0.503 e. The van der Waals surface area contributed by atoms with Crippen molar-refractivity contribution >= 4 is 61.3 Å². The highest BCUT2D eigenvalue weighted by molar-refractivity contribution is 7.22. The Kier molecular flexibility index (Phi) is 8.11. The maximum absolute atomic E-state index is 13.9. The minimum absolute atomic E-state index is 0.0345. The number of nitrogens with zero attached hydrogens (tertiary/aromatic N) is 3. The Labute approximate surface area is 244 Å². The van der Waals surface area contributed by atoms with Gasteiger partial charge in [0.2, 0.25) is 5.78 Å². The highest BCUT2D eigenvalue weighted by Gasteiger charge is 2.46. The molecule has 208 valence electrons. The highest BCUT2D eigenvalue weighted by Crippen LogP contribution is 2.46. The summed E-state index contributed by atoms with van der Waals surface area (Å²) >= 11 is 8.67. The number of ketones is 1. The van der Waals surface area contributed by atoms with E-state index in [1.54, 1.807) is 43.3 Å². The summed E-state index contributed by atoms with van der Waals surface area (Å²) in [7, 11) is 1.54. The molecule has 11 heteroatoms. The van der Waals surface area contributed by atoms with Crippen molar-refractivity contribution in [2.75, 3.05) is 18.6 Å². The molecular formula is C29H28ClN3O5S2. The molecule has 0 saturated heterocycles. The van der Waals surface area contributed by atoms with Crippen LogP contribution in [-0.4, -0.2) is 40.5 Å². The van der Waals surface area contributed by atoms with Gasteiger partial charge in [0.1, 0.15) is 0 Å². The van der Waals surface area contributed by atoms with Crippen LogP contribution in [0, 0.1) is 13.8 Å². The van der Waals surface area contributed by atoms with E-state index in [2.05, 4.69) is 16.9 Å². The second kappa shape index (κ2) is 11.6. The number of methoxy groups -OCH3 is 1. The third-order valence-corrected chi connectivity index (χ3v) is 8.94. The molecule has 1 aliphatic rings. The van der Waals surface area contributed by atoms with Gasteiger partial charge in [-0.05, 0) is 56.2 Å². The Morgan fingerprint density at radius 3 is 2.60 bits per heavy atom. The zero-order valence-electron chi connectivity index (χ0n) is 22.5. The molecule has 0 bridgehead atoms. The molecule has 1 N–H and O–H groups in total. The molecule has 0 radical (unpaired) electrons. The Morgan fingerprint density at radius 1 is 1.10 bits per heavy atom. The second-order valence-electron chi connectivity index (χ2n) is 9.39. The molecular weight excluding hydrogens is 570 g/mol. The predicted octanol–water partition coefficient (Wildman–Crippen LogP) is 7.38. The van der Waals surface area contributed by atoms with Crippen LogP contribution in [0.4, 0.5) is 5.13 Å². The van der Waals surface area contributed by atoms with Crippen LogP contribution < -0.4 is 14.4 Å². The molecule has 40 heavy (non-hydrogen) atoms. The van der Waals surface area contributed by atoms with Crippen LogP contribution in [0.3, 0.4) is 0 Å². The molecule has 0 saturated carbocycles. The maximum atomic E-state index is 13.9. The summed E-state index contributed by atoms with van der Waals surface area (Å²) in [6.45, 7) is 6.21. The highest BCUT2D eigenvalue weighted by atomic mass is 35.5. The van der Waals surface area contributed by atoms with Gasteiger partial charge in [-0.15, -0.1) is 11.3 Å². The number of thiazole rings is 2. The zero-order chi connectivity index (χ0) is 28.6. The number of fused-ring (bicyclic) bond motifs is 1. The number of benzene rings is 2. The Bertz CT molecular complexity index is 1640. The lowest BCUT2D eigenvalue weighted by Gasteiger charge is -2.25. The Hall–Kier alpha value is -3.47. The molecule has 2 aromatic heterocycles. The molecule has 0 fully saturated rings. The topological polar surface area (TPSA) is 102 Å². The van der Waals surface area contributed by atoms with Gasteiger partial charge in [0.15, 0.2) is 22.4 Å². The number of hydrogen-bond donors (Lipinski definition) is 1. The fourth-order valence-corrected chi connectivity index (χ4v) is 6.85. The fourth-order valence-electron chi connectivity index (χ4n) is 4.71. The van der Waals surface area contributed by atoms with E-state index in [1.807, 2.05) is 6.92 Å². The van der Waals surface area contributed by atoms with Gasteiger partial charge in [-0.2, -0.15) is 0 Å². The molecule has 1 aliphatic heterocycles. The lowest BCUT2D eigenvalue weighted by molar-refractivity contribution is -0.117. The van der Waals surface area contributed by atoms with E-state index in [9.17, 15) is 14.7 Å². The van der Waals surface area contributed by atoms with Crippen LogP contribution >= 0.6 is 34.3 Å². The van der Waals surface area contributed by atoms with Crippen molar-refractivity contribution in [1.29, 1.82) is 0 Å². The van der Waals surface area contributed by atoms with Crippen LogP contribution in [0.5, 0.6) is 11.5 Å². The number of hydrogen-bond acceptors (Lipinski definition) is 9. The number of carbonyl (C=O) groups is 2. The Balaban J connectivity index is 1.62. The van der Waals surface area contributed by atoms with Crippen LogP contribution in [0.25, 0.3) is 10.2 Å². The molecule has 1 unspecified atom stereocenters. The molecule has 5 rings (SSSR count). The maximum Gasteiger partial charge on any atom is 0.296 e.